The predicted octanol–water partition coefficient (Wildman–Crippen LogP) is 3.65. The molecule has 0 aliphatic heterocycles. The van der Waals surface area contributed by atoms with Crippen molar-refractivity contribution in [2.24, 2.45) is 0 Å². The lowest BCUT2D eigenvalue weighted by atomic mass is 10.3. The highest BCUT2D eigenvalue weighted by Crippen LogP contribution is 2.29. The zero-order valence-electron chi connectivity index (χ0n) is 10.2. The second-order valence-corrected chi connectivity index (χ2v) is 6.51. The SMILES string of the molecule is Nc1cc(Cl)c(F)c(S(=O)(=O)Nc2ccc(F)cc2Cl)c1. The molecular weight excluding hydrogens is 345 g/mol. The smallest absolute Gasteiger partial charge is 0.264 e. The van der Waals surface area contributed by atoms with Gasteiger partial charge in [0.25, 0.3) is 10.0 Å². The van der Waals surface area contributed by atoms with Gasteiger partial charge >= 0.3 is 0 Å². The summed E-state index contributed by atoms with van der Waals surface area (Å²) in [4.78, 5) is -0.729. The van der Waals surface area contributed by atoms with E-state index in [-0.39, 0.29) is 16.4 Å². The van der Waals surface area contributed by atoms with Crippen LogP contribution in [0.3, 0.4) is 0 Å². The lowest BCUT2D eigenvalue weighted by Gasteiger charge is -2.11. The summed E-state index contributed by atoms with van der Waals surface area (Å²) < 4.78 is 53.1. The quantitative estimate of drug-likeness (QED) is 0.828. The Morgan fingerprint density at radius 2 is 1.71 bits per heavy atom. The molecule has 0 fully saturated rings. The summed E-state index contributed by atoms with van der Waals surface area (Å²) in [5, 5.41) is -0.602. The van der Waals surface area contributed by atoms with Crippen LogP contribution in [0.15, 0.2) is 35.2 Å². The van der Waals surface area contributed by atoms with Gasteiger partial charge in [0.1, 0.15) is 10.7 Å². The Bertz CT molecular complexity index is 813. The molecule has 0 unspecified atom stereocenters. The van der Waals surface area contributed by atoms with Crippen LogP contribution < -0.4 is 10.5 Å². The van der Waals surface area contributed by atoms with E-state index in [4.69, 9.17) is 28.9 Å². The van der Waals surface area contributed by atoms with Gasteiger partial charge in [-0.05, 0) is 30.3 Å². The largest absolute Gasteiger partial charge is 0.399 e. The van der Waals surface area contributed by atoms with E-state index in [0.29, 0.717) is 0 Å². The highest BCUT2D eigenvalue weighted by Gasteiger charge is 2.23. The number of benzene rings is 2. The fourth-order valence-electron chi connectivity index (χ4n) is 1.55. The van der Waals surface area contributed by atoms with Gasteiger partial charge in [0.2, 0.25) is 0 Å². The molecule has 0 atom stereocenters. The van der Waals surface area contributed by atoms with Crippen LogP contribution in [0.1, 0.15) is 0 Å². The number of nitrogen functional groups attached to an aromatic ring is 1. The molecule has 0 saturated carbocycles. The van der Waals surface area contributed by atoms with E-state index < -0.39 is 31.6 Å². The second-order valence-electron chi connectivity index (χ2n) is 4.04. The lowest BCUT2D eigenvalue weighted by molar-refractivity contribution is 0.570. The highest BCUT2D eigenvalue weighted by molar-refractivity contribution is 7.92. The highest BCUT2D eigenvalue weighted by atomic mass is 35.5. The number of nitrogens with two attached hydrogens (primary N) is 1. The first-order valence-corrected chi connectivity index (χ1v) is 7.67. The Labute approximate surface area is 129 Å². The van der Waals surface area contributed by atoms with Crippen molar-refractivity contribution in [3.8, 4) is 0 Å². The molecule has 0 saturated heterocycles. The van der Waals surface area contributed by atoms with Crippen LogP contribution in [0, 0.1) is 11.6 Å². The van der Waals surface area contributed by atoms with Crippen molar-refractivity contribution in [1.29, 1.82) is 0 Å². The van der Waals surface area contributed by atoms with Gasteiger partial charge < -0.3 is 5.73 Å². The fraction of sp³-hybridized carbons (Fsp3) is 0. The van der Waals surface area contributed by atoms with Gasteiger partial charge in [0.15, 0.2) is 5.82 Å². The third-order valence-corrected chi connectivity index (χ3v) is 4.43. The van der Waals surface area contributed by atoms with Gasteiger partial charge in [-0.3, -0.25) is 4.72 Å². The maximum Gasteiger partial charge on any atom is 0.264 e. The summed E-state index contributed by atoms with van der Waals surface area (Å²) >= 11 is 11.3. The van der Waals surface area contributed by atoms with Crippen LogP contribution in [0.4, 0.5) is 20.2 Å². The molecule has 2 aromatic rings. The molecule has 0 spiro atoms. The lowest BCUT2D eigenvalue weighted by Crippen LogP contribution is -2.15. The van der Waals surface area contributed by atoms with Crippen molar-refractivity contribution >= 4 is 44.6 Å². The molecule has 0 aliphatic rings. The van der Waals surface area contributed by atoms with E-state index in [1.54, 1.807) is 0 Å². The van der Waals surface area contributed by atoms with Gasteiger partial charge in [-0.15, -0.1) is 0 Å². The summed E-state index contributed by atoms with van der Waals surface area (Å²) in [6.07, 6.45) is 0. The summed E-state index contributed by atoms with van der Waals surface area (Å²) in [7, 11) is -4.32. The standard InChI is InChI=1S/C12H8Cl2F2N2O2S/c13-8-3-6(15)1-2-10(8)18-21(19,20)11-5-7(17)4-9(14)12(11)16/h1-5,18H,17H2. The summed E-state index contributed by atoms with van der Waals surface area (Å²) in [6, 6.07) is 5.04. The number of nitrogens with one attached hydrogen (secondary N) is 1. The monoisotopic (exact) mass is 352 g/mol. The van der Waals surface area contributed by atoms with Gasteiger partial charge in [0, 0.05) is 5.69 Å². The van der Waals surface area contributed by atoms with Gasteiger partial charge in [-0.25, -0.2) is 17.2 Å². The zero-order chi connectivity index (χ0) is 15.8. The summed E-state index contributed by atoms with van der Waals surface area (Å²) in [5.74, 6) is -1.78. The number of halogens is 4. The first kappa shape index (κ1) is 15.8. The molecule has 2 aromatic carbocycles. The van der Waals surface area contributed by atoms with Gasteiger partial charge in [-0.2, -0.15) is 0 Å². The molecule has 9 heteroatoms. The topological polar surface area (TPSA) is 72.2 Å². The zero-order valence-corrected chi connectivity index (χ0v) is 12.5. The average molecular weight is 353 g/mol. The molecule has 0 amide bonds. The van der Waals surface area contributed by atoms with Crippen molar-refractivity contribution in [1.82, 2.24) is 0 Å². The Balaban J connectivity index is 2.48. The van der Waals surface area contributed by atoms with Crippen molar-refractivity contribution in [2.75, 3.05) is 10.5 Å². The van der Waals surface area contributed by atoms with Crippen LogP contribution in [0.25, 0.3) is 0 Å². The summed E-state index contributed by atoms with van der Waals surface area (Å²) in [6.45, 7) is 0. The van der Waals surface area contributed by atoms with E-state index in [9.17, 15) is 17.2 Å². The van der Waals surface area contributed by atoms with E-state index in [1.807, 2.05) is 4.72 Å². The van der Waals surface area contributed by atoms with E-state index in [0.717, 1.165) is 30.3 Å². The van der Waals surface area contributed by atoms with Crippen LogP contribution in [-0.4, -0.2) is 8.42 Å². The number of hydrogen-bond donors (Lipinski definition) is 2. The van der Waals surface area contributed by atoms with E-state index in [2.05, 4.69) is 0 Å². The van der Waals surface area contributed by atoms with E-state index in [1.165, 1.54) is 0 Å². The van der Waals surface area contributed by atoms with Gasteiger partial charge in [0.05, 0.1) is 15.7 Å². The number of rotatable bonds is 3. The Hall–Kier alpha value is -1.57. The minimum Gasteiger partial charge on any atom is -0.399 e. The van der Waals surface area contributed by atoms with Crippen molar-refractivity contribution in [3.05, 3.63) is 52.0 Å². The Morgan fingerprint density at radius 3 is 2.33 bits per heavy atom. The predicted molar refractivity (Wildman–Crippen MR) is 78.0 cm³/mol. The first-order valence-electron chi connectivity index (χ1n) is 5.43. The first-order chi connectivity index (χ1) is 9.70. The fourth-order valence-corrected chi connectivity index (χ4v) is 3.32. The molecule has 2 rings (SSSR count). The van der Waals surface area contributed by atoms with Crippen LogP contribution >= 0.6 is 23.2 Å². The number of hydrogen-bond acceptors (Lipinski definition) is 3. The van der Waals surface area contributed by atoms with Crippen LogP contribution in [0.2, 0.25) is 10.0 Å². The van der Waals surface area contributed by atoms with Crippen molar-refractivity contribution in [2.45, 2.75) is 4.90 Å². The molecular formula is C12H8Cl2F2N2O2S. The average Bonchev–Trinajstić information content (AvgIpc) is 2.37. The van der Waals surface area contributed by atoms with Crippen molar-refractivity contribution < 1.29 is 17.2 Å². The van der Waals surface area contributed by atoms with Crippen molar-refractivity contribution in [3.63, 3.8) is 0 Å². The third kappa shape index (κ3) is 3.37. The van der Waals surface area contributed by atoms with E-state index >= 15 is 0 Å². The number of anilines is 2. The minimum atomic E-state index is -4.32. The normalized spacial score (nSPS) is 11.4. The van der Waals surface area contributed by atoms with Gasteiger partial charge in [-0.1, -0.05) is 23.2 Å². The minimum absolute atomic E-state index is 0.0213. The Kier molecular flexibility index (Phi) is 4.27. The molecule has 0 heterocycles. The molecule has 3 N–H and O–H groups in total. The Morgan fingerprint density at radius 1 is 1.05 bits per heavy atom. The maximum atomic E-state index is 13.8. The molecule has 0 radical (unpaired) electrons. The molecule has 4 nitrogen and oxygen atoms in total. The molecule has 0 aromatic heterocycles. The van der Waals surface area contributed by atoms with Crippen LogP contribution in [-0.2, 0) is 10.0 Å². The summed E-state index contributed by atoms with van der Waals surface area (Å²) in [5.41, 5.74) is 5.33. The number of sulfonamides is 1. The van der Waals surface area contributed by atoms with Crippen LogP contribution in [0.5, 0.6) is 0 Å². The molecule has 0 aliphatic carbocycles. The molecule has 0 bridgehead atoms. The second kappa shape index (κ2) is 5.67. The maximum absolute atomic E-state index is 13.8. The third-order valence-electron chi connectivity index (χ3n) is 2.48. The molecule has 112 valence electrons. The molecule has 21 heavy (non-hydrogen) atoms.